The molecular weight excluding hydrogens is 331 g/mol. The third kappa shape index (κ3) is 3.43. The average Bonchev–Trinajstić information content (AvgIpc) is 2.36. The molecule has 1 aliphatic carbocycles. The molecule has 2 rings (SSSR count). The average molecular weight is 350 g/mol. The zero-order valence-electron chi connectivity index (χ0n) is 10.6. The molecule has 1 fully saturated rings. The largest absolute Gasteiger partial charge is 0.0888 e. The zero-order chi connectivity index (χ0) is 13.1. The summed E-state index contributed by atoms with van der Waals surface area (Å²) in [5, 5.41) is 1.61. The molecule has 0 N–H and O–H groups in total. The summed E-state index contributed by atoms with van der Waals surface area (Å²) in [5.41, 5.74) is 1.12. The fourth-order valence-corrected chi connectivity index (χ4v) is 4.11. The predicted molar refractivity (Wildman–Crippen MR) is 84.0 cm³/mol. The van der Waals surface area contributed by atoms with Crippen molar-refractivity contribution < 1.29 is 0 Å². The van der Waals surface area contributed by atoms with E-state index >= 15 is 0 Å². The van der Waals surface area contributed by atoms with Crippen molar-refractivity contribution in [3.63, 3.8) is 0 Å². The molecule has 1 aliphatic rings. The molecule has 1 aromatic carbocycles. The van der Waals surface area contributed by atoms with E-state index in [0.29, 0.717) is 10.7 Å². The van der Waals surface area contributed by atoms with Crippen LogP contribution in [0, 0.1) is 11.8 Å². The minimum Gasteiger partial charge on any atom is -0.0888 e. The fourth-order valence-electron chi connectivity index (χ4n) is 2.90. The molecule has 100 valence electrons. The topological polar surface area (TPSA) is 0 Å². The quantitative estimate of drug-likeness (QED) is 0.576. The minimum absolute atomic E-state index is 0.604. The Kier molecular flexibility index (Phi) is 5.41. The highest BCUT2D eigenvalue weighted by molar-refractivity contribution is 9.09. The normalized spacial score (nSPS) is 28.3. The van der Waals surface area contributed by atoms with E-state index in [-0.39, 0.29) is 0 Å². The summed E-state index contributed by atoms with van der Waals surface area (Å²) in [6.45, 7) is 2.29. The van der Waals surface area contributed by atoms with Gasteiger partial charge in [-0.3, -0.25) is 0 Å². The van der Waals surface area contributed by atoms with Gasteiger partial charge in [0.2, 0.25) is 0 Å². The van der Waals surface area contributed by atoms with Crippen LogP contribution in [-0.4, -0.2) is 4.83 Å². The number of rotatable bonds is 3. The van der Waals surface area contributed by atoms with Gasteiger partial charge in [0.05, 0.1) is 0 Å². The summed E-state index contributed by atoms with van der Waals surface area (Å²) in [6, 6.07) is 5.79. The van der Waals surface area contributed by atoms with E-state index in [1.165, 1.54) is 25.7 Å². The summed E-state index contributed by atoms with van der Waals surface area (Å²) >= 11 is 16.4. The third-order valence-electron chi connectivity index (χ3n) is 4.10. The lowest BCUT2D eigenvalue weighted by Gasteiger charge is -2.33. The SMILES string of the molecule is CCC1CCC(Br)C(Cc2c(Cl)cccc2Cl)C1. The van der Waals surface area contributed by atoms with Gasteiger partial charge >= 0.3 is 0 Å². The van der Waals surface area contributed by atoms with Gasteiger partial charge in [-0.05, 0) is 55.2 Å². The van der Waals surface area contributed by atoms with Crippen molar-refractivity contribution in [1.82, 2.24) is 0 Å². The van der Waals surface area contributed by atoms with E-state index in [9.17, 15) is 0 Å². The Morgan fingerprint density at radius 1 is 1.22 bits per heavy atom. The molecule has 18 heavy (non-hydrogen) atoms. The van der Waals surface area contributed by atoms with Crippen LogP contribution in [0.15, 0.2) is 18.2 Å². The standard InChI is InChI=1S/C15H19BrCl2/c1-2-10-6-7-13(16)11(8-10)9-12-14(17)4-3-5-15(12)18/h3-5,10-11,13H,2,6-9H2,1H3. The smallest absolute Gasteiger partial charge is 0.0452 e. The number of hydrogen-bond acceptors (Lipinski definition) is 0. The molecule has 0 amide bonds. The zero-order valence-corrected chi connectivity index (χ0v) is 13.7. The molecule has 3 heteroatoms. The van der Waals surface area contributed by atoms with Crippen LogP contribution >= 0.6 is 39.1 Å². The maximum absolute atomic E-state index is 6.27. The van der Waals surface area contributed by atoms with Crippen molar-refractivity contribution in [3.8, 4) is 0 Å². The van der Waals surface area contributed by atoms with Crippen molar-refractivity contribution in [2.24, 2.45) is 11.8 Å². The van der Waals surface area contributed by atoms with Crippen LogP contribution in [0.25, 0.3) is 0 Å². The van der Waals surface area contributed by atoms with E-state index < -0.39 is 0 Å². The lowest BCUT2D eigenvalue weighted by Crippen LogP contribution is -2.26. The first-order valence-corrected chi connectivity index (χ1v) is 8.36. The van der Waals surface area contributed by atoms with E-state index in [4.69, 9.17) is 23.2 Å². The third-order valence-corrected chi connectivity index (χ3v) is 6.02. The lowest BCUT2D eigenvalue weighted by molar-refractivity contribution is 0.271. The predicted octanol–water partition coefficient (Wildman–Crippen LogP) is 6.13. The van der Waals surface area contributed by atoms with Crippen molar-refractivity contribution in [1.29, 1.82) is 0 Å². The second-order valence-electron chi connectivity index (χ2n) is 5.27. The Labute approximate surface area is 128 Å². The number of hydrogen-bond donors (Lipinski definition) is 0. The molecule has 1 saturated carbocycles. The molecule has 0 radical (unpaired) electrons. The van der Waals surface area contributed by atoms with E-state index in [0.717, 1.165) is 27.9 Å². The van der Waals surface area contributed by atoms with E-state index in [1.807, 2.05) is 18.2 Å². The van der Waals surface area contributed by atoms with Crippen molar-refractivity contribution in [3.05, 3.63) is 33.8 Å². The highest BCUT2D eigenvalue weighted by Gasteiger charge is 2.29. The van der Waals surface area contributed by atoms with Crippen LogP contribution in [0.1, 0.15) is 38.2 Å². The van der Waals surface area contributed by atoms with Crippen molar-refractivity contribution >= 4 is 39.1 Å². The van der Waals surface area contributed by atoms with E-state index in [2.05, 4.69) is 22.9 Å². The first-order valence-electron chi connectivity index (χ1n) is 6.68. The molecule has 0 nitrogen and oxygen atoms in total. The van der Waals surface area contributed by atoms with Crippen LogP contribution in [0.5, 0.6) is 0 Å². The van der Waals surface area contributed by atoms with Crippen molar-refractivity contribution in [2.75, 3.05) is 0 Å². The molecular formula is C15H19BrCl2. The molecule has 0 aromatic heterocycles. The summed E-state index contributed by atoms with van der Waals surface area (Å²) in [4.78, 5) is 0.604. The van der Waals surface area contributed by atoms with Gasteiger partial charge < -0.3 is 0 Å². The first-order chi connectivity index (χ1) is 8.61. The van der Waals surface area contributed by atoms with Gasteiger partial charge in [-0.2, -0.15) is 0 Å². The van der Waals surface area contributed by atoms with Gasteiger partial charge in [0.15, 0.2) is 0 Å². The molecule has 0 heterocycles. The van der Waals surface area contributed by atoms with E-state index in [1.54, 1.807) is 0 Å². The molecule has 3 atom stereocenters. The maximum atomic E-state index is 6.27. The Morgan fingerprint density at radius 3 is 2.50 bits per heavy atom. The summed E-state index contributed by atoms with van der Waals surface area (Å²) in [5.74, 6) is 1.52. The van der Waals surface area contributed by atoms with Crippen LogP contribution in [-0.2, 0) is 6.42 Å². The second kappa shape index (κ2) is 6.63. The van der Waals surface area contributed by atoms with Crippen LogP contribution < -0.4 is 0 Å². The van der Waals surface area contributed by atoms with Gasteiger partial charge in [-0.15, -0.1) is 0 Å². The Morgan fingerprint density at radius 2 is 1.89 bits per heavy atom. The minimum atomic E-state index is 0.604. The van der Waals surface area contributed by atoms with Gasteiger partial charge in [0.1, 0.15) is 0 Å². The highest BCUT2D eigenvalue weighted by Crippen LogP contribution is 2.39. The van der Waals surface area contributed by atoms with Gasteiger partial charge in [0, 0.05) is 14.9 Å². The molecule has 0 spiro atoms. The second-order valence-corrected chi connectivity index (χ2v) is 7.26. The Balaban J connectivity index is 2.12. The molecule has 0 aliphatic heterocycles. The highest BCUT2D eigenvalue weighted by atomic mass is 79.9. The monoisotopic (exact) mass is 348 g/mol. The van der Waals surface area contributed by atoms with Crippen LogP contribution in [0.3, 0.4) is 0 Å². The van der Waals surface area contributed by atoms with Gasteiger partial charge in [-0.1, -0.05) is 58.5 Å². The Bertz CT molecular complexity index is 385. The number of benzene rings is 1. The number of alkyl halides is 1. The fraction of sp³-hybridized carbons (Fsp3) is 0.600. The summed E-state index contributed by atoms with van der Waals surface area (Å²) in [6.07, 6.45) is 6.18. The van der Waals surface area contributed by atoms with Gasteiger partial charge in [-0.25, -0.2) is 0 Å². The molecule has 3 unspecified atom stereocenters. The first kappa shape index (κ1) is 14.7. The van der Waals surface area contributed by atoms with Crippen LogP contribution in [0.2, 0.25) is 10.0 Å². The van der Waals surface area contributed by atoms with Crippen molar-refractivity contribution in [2.45, 2.75) is 43.9 Å². The maximum Gasteiger partial charge on any atom is 0.0452 e. The molecule has 0 bridgehead atoms. The van der Waals surface area contributed by atoms with Gasteiger partial charge in [0.25, 0.3) is 0 Å². The summed E-state index contributed by atoms with van der Waals surface area (Å²) in [7, 11) is 0. The molecule has 0 saturated heterocycles. The number of halogens is 3. The Hall–Kier alpha value is 0.280. The van der Waals surface area contributed by atoms with Crippen LogP contribution in [0.4, 0.5) is 0 Å². The lowest BCUT2D eigenvalue weighted by atomic mass is 9.77. The molecule has 1 aromatic rings. The summed E-state index contributed by atoms with van der Waals surface area (Å²) < 4.78 is 0.